The molecule has 0 saturated carbocycles. The van der Waals surface area contributed by atoms with Crippen LogP contribution in [0.1, 0.15) is 43.4 Å². The van der Waals surface area contributed by atoms with Crippen LogP contribution in [0.3, 0.4) is 0 Å². The van der Waals surface area contributed by atoms with Crippen molar-refractivity contribution in [2.24, 2.45) is 0 Å². The molecule has 0 saturated heterocycles. The van der Waals surface area contributed by atoms with E-state index in [9.17, 15) is 9.59 Å². The van der Waals surface area contributed by atoms with Crippen molar-refractivity contribution in [3.63, 3.8) is 0 Å². The Morgan fingerprint density at radius 1 is 1.14 bits per heavy atom. The van der Waals surface area contributed by atoms with Gasteiger partial charge in [-0.25, -0.2) is 4.79 Å². The molecule has 2 rings (SSSR count). The molecule has 0 heterocycles. The summed E-state index contributed by atoms with van der Waals surface area (Å²) in [4.78, 5) is 24.3. The van der Waals surface area contributed by atoms with Crippen LogP contribution in [0, 0.1) is 18.3 Å². The summed E-state index contributed by atoms with van der Waals surface area (Å²) in [7, 11) is 0. The number of aryl methyl sites for hydroxylation is 1. The minimum absolute atomic E-state index is 0.250. The number of carbonyl (C=O) groups is 2. The molecule has 0 unspecified atom stereocenters. The second-order valence-electron chi connectivity index (χ2n) is 6.80. The summed E-state index contributed by atoms with van der Waals surface area (Å²) in [5.41, 5.74) is 2.92. The van der Waals surface area contributed by atoms with Crippen molar-refractivity contribution in [1.82, 2.24) is 0 Å². The van der Waals surface area contributed by atoms with Gasteiger partial charge in [-0.3, -0.25) is 4.79 Å². The van der Waals surface area contributed by atoms with E-state index in [0.29, 0.717) is 17.0 Å². The molecular weight excluding hydrogens is 356 g/mol. The lowest BCUT2D eigenvalue weighted by atomic mass is 10.0. The third-order valence-corrected chi connectivity index (χ3v) is 4.07. The normalized spacial score (nSPS) is 11.4. The Labute approximate surface area is 165 Å². The van der Waals surface area contributed by atoms with Crippen molar-refractivity contribution >= 4 is 17.6 Å². The molecule has 2 aromatic rings. The first-order valence-electron chi connectivity index (χ1n) is 9.04. The Hall–Kier alpha value is -3.33. The largest absolute Gasteiger partial charge is 0.482 e. The summed E-state index contributed by atoms with van der Waals surface area (Å²) >= 11 is 0. The molecule has 146 valence electrons. The van der Waals surface area contributed by atoms with Gasteiger partial charge in [0.05, 0.1) is 11.6 Å². The molecule has 6 nitrogen and oxygen atoms in total. The Morgan fingerprint density at radius 2 is 1.89 bits per heavy atom. The summed E-state index contributed by atoms with van der Waals surface area (Å²) in [6.07, 6.45) is -0.996. The number of hydrogen-bond donors (Lipinski definition) is 1. The molecule has 28 heavy (non-hydrogen) atoms. The maximum Gasteiger partial charge on any atom is 0.344 e. The SMILES string of the molecule is Cc1ccc(C(C)C)c(OCC(=O)O[C@H](C)C(=O)Nc2cccc(C#N)c2)c1. The van der Waals surface area contributed by atoms with Crippen LogP contribution in [-0.2, 0) is 14.3 Å². The molecule has 0 bridgehead atoms. The van der Waals surface area contributed by atoms with Crippen molar-refractivity contribution in [3.8, 4) is 11.8 Å². The summed E-state index contributed by atoms with van der Waals surface area (Å²) in [5.74, 6) is -0.232. The molecule has 0 radical (unpaired) electrons. The summed E-state index contributed by atoms with van der Waals surface area (Å²) < 4.78 is 10.8. The van der Waals surface area contributed by atoms with E-state index in [2.05, 4.69) is 5.32 Å². The molecule has 1 amide bonds. The van der Waals surface area contributed by atoms with Crippen LogP contribution < -0.4 is 10.1 Å². The zero-order valence-corrected chi connectivity index (χ0v) is 16.5. The first-order chi connectivity index (χ1) is 13.3. The quantitative estimate of drug-likeness (QED) is 0.735. The van der Waals surface area contributed by atoms with Gasteiger partial charge < -0.3 is 14.8 Å². The number of benzene rings is 2. The summed E-state index contributed by atoms with van der Waals surface area (Å²) in [5, 5.41) is 11.5. The zero-order chi connectivity index (χ0) is 20.7. The molecule has 0 fully saturated rings. The Morgan fingerprint density at radius 3 is 2.57 bits per heavy atom. The number of amides is 1. The fourth-order valence-corrected chi connectivity index (χ4v) is 2.58. The number of anilines is 1. The van der Waals surface area contributed by atoms with E-state index in [1.165, 1.54) is 6.92 Å². The average Bonchev–Trinajstić information content (AvgIpc) is 2.66. The zero-order valence-electron chi connectivity index (χ0n) is 16.5. The predicted molar refractivity (Wildman–Crippen MR) is 106 cm³/mol. The van der Waals surface area contributed by atoms with Gasteiger partial charge in [0.15, 0.2) is 12.7 Å². The number of carbonyl (C=O) groups excluding carboxylic acids is 2. The van der Waals surface area contributed by atoms with Crippen LogP contribution in [-0.4, -0.2) is 24.6 Å². The van der Waals surface area contributed by atoms with Crippen LogP contribution in [0.15, 0.2) is 42.5 Å². The Balaban J connectivity index is 1.91. The van der Waals surface area contributed by atoms with Gasteiger partial charge in [-0.1, -0.05) is 32.0 Å². The fourth-order valence-electron chi connectivity index (χ4n) is 2.58. The predicted octanol–water partition coefficient (Wildman–Crippen LogP) is 3.94. The third-order valence-electron chi connectivity index (χ3n) is 4.07. The lowest BCUT2D eigenvalue weighted by molar-refractivity contribution is -0.155. The molecule has 0 aliphatic carbocycles. The Bertz CT molecular complexity index is 900. The maximum absolute atomic E-state index is 12.2. The highest BCUT2D eigenvalue weighted by molar-refractivity contribution is 5.95. The minimum Gasteiger partial charge on any atom is -0.482 e. The molecule has 1 atom stereocenters. The van der Waals surface area contributed by atoms with E-state index in [-0.39, 0.29) is 12.5 Å². The van der Waals surface area contributed by atoms with Crippen LogP contribution in [0.2, 0.25) is 0 Å². The monoisotopic (exact) mass is 380 g/mol. The number of nitriles is 1. The van der Waals surface area contributed by atoms with Gasteiger partial charge in [-0.2, -0.15) is 5.26 Å². The average molecular weight is 380 g/mol. The van der Waals surface area contributed by atoms with Crippen LogP contribution in [0.25, 0.3) is 0 Å². The first kappa shape index (κ1) is 21.0. The van der Waals surface area contributed by atoms with Gasteiger partial charge >= 0.3 is 5.97 Å². The highest BCUT2D eigenvalue weighted by atomic mass is 16.6. The van der Waals surface area contributed by atoms with Crippen LogP contribution in [0.4, 0.5) is 5.69 Å². The van der Waals surface area contributed by atoms with Gasteiger partial charge in [-0.15, -0.1) is 0 Å². The fraction of sp³-hybridized carbons (Fsp3) is 0.318. The van der Waals surface area contributed by atoms with Gasteiger partial charge in [0.2, 0.25) is 0 Å². The smallest absolute Gasteiger partial charge is 0.344 e. The number of esters is 1. The van der Waals surface area contributed by atoms with E-state index < -0.39 is 18.0 Å². The second kappa shape index (κ2) is 9.56. The number of nitrogens with one attached hydrogen (secondary N) is 1. The first-order valence-corrected chi connectivity index (χ1v) is 9.04. The topological polar surface area (TPSA) is 88.4 Å². The highest BCUT2D eigenvalue weighted by Gasteiger charge is 2.19. The number of rotatable bonds is 7. The van der Waals surface area contributed by atoms with Crippen molar-refractivity contribution in [3.05, 3.63) is 59.2 Å². The lowest BCUT2D eigenvalue weighted by Crippen LogP contribution is -2.31. The standard InChI is InChI=1S/C22H24N2O4/c1-14(2)19-9-8-15(3)10-20(19)27-13-21(25)28-16(4)22(26)24-18-7-5-6-17(11-18)12-23/h5-11,14,16H,13H2,1-4H3,(H,24,26)/t16-/m1/s1. The van der Waals surface area contributed by atoms with E-state index >= 15 is 0 Å². The molecule has 0 aromatic heterocycles. The van der Waals surface area contributed by atoms with E-state index in [1.54, 1.807) is 24.3 Å². The number of nitrogens with zero attached hydrogens (tertiary/aromatic N) is 1. The summed E-state index contributed by atoms with van der Waals surface area (Å²) in [6.45, 7) is 7.23. The highest BCUT2D eigenvalue weighted by Crippen LogP contribution is 2.27. The summed E-state index contributed by atoms with van der Waals surface area (Å²) in [6, 6.07) is 14.3. The molecule has 0 aliphatic rings. The van der Waals surface area contributed by atoms with Gasteiger partial charge in [0.1, 0.15) is 5.75 Å². The second-order valence-corrected chi connectivity index (χ2v) is 6.80. The van der Waals surface area contributed by atoms with E-state index in [4.69, 9.17) is 14.7 Å². The molecule has 0 aliphatic heterocycles. The van der Waals surface area contributed by atoms with Crippen molar-refractivity contribution < 1.29 is 19.1 Å². The van der Waals surface area contributed by atoms with E-state index in [0.717, 1.165) is 11.1 Å². The molecule has 2 aromatic carbocycles. The Kier molecular flexibility index (Phi) is 7.16. The lowest BCUT2D eigenvalue weighted by Gasteiger charge is -2.16. The molecular formula is C22H24N2O4. The third kappa shape index (κ3) is 5.85. The maximum atomic E-state index is 12.2. The molecule has 0 spiro atoms. The minimum atomic E-state index is -0.996. The molecule has 1 N–H and O–H groups in total. The van der Waals surface area contributed by atoms with Crippen LogP contribution in [0.5, 0.6) is 5.75 Å². The van der Waals surface area contributed by atoms with Gasteiger partial charge in [-0.05, 0) is 55.2 Å². The molecule has 6 heteroatoms. The van der Waals surface area contributed by atoms with Gasteiger partial charge in [0, 0.05) is 5.69 Å². The van der Waals surface area contributed by atoms with Crippen molar-refractivity contribution in [1.29, 1.82) is 5.26 Å². The number of hydrogen-bond acceptors (Lipinski definition) is 5. The van der Waals surface area contributed by atoms with Gasteiger partial charge in [0.25, 0.3) is 5.91 Å². The number of ether oxygens (including phenoxy) is 2. The van der Waals surface area contributed by atoms with E-state index in [1.807, 2.05) is 45.0 Å². The van der Waals surface area contributed by atoms with Crippen molar-refractivity contribution in [2.45, 2.75) is 39.7 Å². The van der Waals surface area contributed by atoms with Crippen LogP contribution >= 0.6 is 0 Å². The van der Waals surface area contributed by atoms with Crippen molar-refractivity contribution in [2.75, 3.05) is 11.9 Å².